The van der Waals surface area contributed by atoms with Crippen LogP contribution in [0.2, 0.25) is 0 Å². The van der Waals surface area contributed by atoms with E-state index in [1.54, 1.807) is 12.1 Å². The van der Waals surface area contributed by atoms with E-state index in [9.17, 15) is 0 Å². The average molecular weight is 794 g/mol. The molecule has 0 aromatic heterocycles. The smallest absolute Gasteiger partial charge is 0.244 e. The van der Waals surface area contributed by atoms with Gasteiger partial charge in [0.1, 0.15) is 0 Å². The van der Waals surface area contributed by atoms with E-state index >= 15 is 8.42 Å². The fourth-order valence-corrected chi connectivity index (χ4v) is 8.89. The fourth-order valence-electron chi connectivity index (χ4n) is 7.13. The first-order valence-electron chi connectivity index (χ1n) is 15.8. The zero-order chi connectivity index (χ0) is 31.1. The van der Waals surface area contributed by atoms with Crippen LogP contribution in [0.15, 0.2) is 137 Å². The molecule has 0 spiro atoms. The van der Waals surface area contributed by atoms with Crippen LogP contribution in [0.4, 0.5) is 0 Å². The van der Waals surface area contributed by atoms with E-state index in [1.807, 2.05) is 59.8 Å². The third kappa shape index (κ3) is 6.35. The first-order chi connectivity index (χ1) is 21.9. The van der Waals surface area contributed by atoms with Gasteiger partial charge in [-0.05, 0) is 87.6 Å². The van der Waals surface area contributed by atoms with Gasteiger partial charge in [0.15, 0.2) is 0 Å². The maximum atomic E-state index is 15.3. The van der Waals surface area contributed by atoms with Crippen molar-refractivity contribution in [3.63, 3.8) is 0 Å². The monoisotopic (exact) mass is 794 g/mol. The minimum Gasteiger partial charge on any atom is -1.00 e. The summed E-state index contributed by atoms with van der Waals surface area (Å²) in [7, 11) is -4.00. The van der Waals surface area contributed by atoms with Crippen LogP contribution in [0.5, 0.6) is 0 Å². The van der Waals surface area contributed by atoms with Crippen LogP contribution in [-0.4, -0.2) is 12.7 Å². The van der Waals surface area contributed by atoms with E-state index in [-0.39, 0.29) is 52.8 Å². The number of hydrogen-bond acceptors (Lipinski definition) is 2. The van der Waals surface area contributed by atoms with Gasteiger partial charge in [0.05, 0.1) is 17.0 Å². The molecule has 5 aromatic carbocycles. The third-order valence-corrected chi connectivity index (χ3v) is 11.1. The third-order valence-electron chi connectivity index (χ3n) is 9.30. The average Bonchev–Trinajstić information content (AvgIpc) is 3.64. The zero-order valence-corrected chi connectivity index (χ0v) is 30.9. The molecule has 7 rings (SSSR count). The largest absolute Gasteiger partial charge is 1.00 e. The number of sulfonamides is 1. The van der Waals surface area contributed by atoms with Gasteiger partial charge >= 0.3 is 0 Å². The Balaban J connectivity index is 0.00000217. The maximum Gasteiger partial charge on any atom is 0.244 e. The Morgan fingerprint density at radius 2 is 1.00 bits per heavy atom. The summed E-state index contributed by atoms with van der Waals surface area (Å²) >= 11 is 0. The molecule has 0 saturated heterocycles. The number of hydrogen-bond donors (Lipinski definition) is 0. The Hall–Kier alpha value is -2.88. The van der Waals surface area contributed by atoms with Gasteiger partial charge in [-0.15, -0.1) is 0 Å². The summed E-state index contributed by atoms with van der Waals surface area (Å²) in [5, 5.41) is 0. The number of aryl methyl sites for hydroxylation is 1. The van der Waals surface area contributed by atoms with Crippen molar-refractivity contribution in [1.29, 1.82) is 0 Å². The Labute approximate surface area is 318 Å². The van der Waals surface area contributed by atoms with Crippen molar-refractivity contribution >= 4 is 22.2 Å². The van der Waals surface area contributed by atoms with E-state index in [4.69, 9.17) is 0 Å². The van der Waals surface area contributed by atoms with Crippen LogP contribution in [0.25, 0.3) is 34.4 Å². The second-order valence-electron chi connectivity index (χ2n) is 11.9. The predicted octanol–water partition coefficient (Wildman–Crippen LogP) is 7.42. The number of nitrogens with zero attached hydrogens (tertiary/aromatic N) is 1. The Morgan fingerprint density at radius 3 is 1.40 bits per heavy atom. The topological polar surface area (TPSA) is 37.4 Å². The first-order valence-corrected chi connectivity index (χ1v) is 17.2. The molecule has 6 heteroatoms. The van der Waals surface area contributed by atoms with Crippen molar-refractivity contribution in [2.75, 3.05) is 0 Å². The number of benzene rings is 5. The van der Waals surface area contributed by atoms with Crippen LogP contribution >= 0.6 is 0 Å². The van der Waals surface area contributed by atoms with Crippen molar-refractivity contribution in [3.05, 3.63) is 160 Å². The van der Waals surface area contributed by atoms with Gasteiger partial charge in [-0.25, -0.2) is 8.42 Å². The molecule has 0 bridgehead atoms. The molecule has 2 aliphatic carbocycles. The van der Waals surface area contributed by atoms with E-state index in [0.717, 1.165) is 74.1 Å². The van der Waals surface area contributed by atoms with Gasteiger partial charge in [0.25, 0.3) is 0 Å². The molecule has 0 aliphatic heterocycles. The van der Waals surface area contributed by atoms with E-state index < -0.39 is 22.1 Å². The van der Waals surface area contributed by atoms with Crippen molar-refractivity contribution in [2.45, 2.75) is 50.6 Å². The molecule has 0 amide bonds. The summed E-state index contributed by atoms with van der Waals surface area (Å²) in [5.74, 6) is 0. The van der Waals surface area contributed by atoms with Gasteiger partial charge in [-0.3, -0.25) is 0 Å². The molecule has 0 radical (unpaired) electrons. The summed E-state index contributed by atoms with van der Waals surface area (Å²) in [5.41, 5.74) is 11.8. The van der Waals surface area contributed by atoms with Gasteiger partial charge in [-0.2, -0.15) is 4.31 Å². The number of halogens is 1. The SMILES string of the molecule is CCC1=Cc2cccc(-c3ccccc3)c2C1N(C1C(CC)=Cc2cccc(-c3ccccc3)c21)S(=O)(=O)c1ccc(C)cc1.[Cl-].[Sm]. The summed E-state index contributed by atoms with van der Waals surface area (Å²) in [6.45, 7) is 6.26. The number of fused-ring (bicyclic) bond motifs is 2. The maximum absolute atomic E-state index is 15.3. The van der Waals surface area contributed by atoms with Crippen molar-refractivity contribution in [3.8, 4) is 22.3 Å². The molecule has 47 heavy (non-hydrogen) atoms. The van der Waals surface area contributed by atoms with Crippen LogP contribution in [-0.2, 0) is 10.0 Å². The predicted molar refractivity (Wildman–Crippen MR) is 186 cm³/mol. The second kappa shape index (κ2) is 14.7. The summed E-state index contributed by atoms with van der Waals surface area (Å²) in [6, 6.07) is 39.8. The van der Waals surface area contributed by atoms with Crippen LogP contribution in [0, 0.1) is 47.3 Å². The Bertz CT molecular complexity index is 1940. The minimum absolute atomic E-state index is 0. The Morgan fingerprint density at radius 1 is 0.574 bits per heavy atom. The summed E-state index contributed by atoms with van der Waals surface area (Å²) in [6.07, 6.45) is 5.91. The molecule has 238 valence electrons. The molecule has 0 N–H and O–H groups in total. The van der Waals surface area contributed by atoms with Gasteiger partial charge in [0, 0.05) is 40.4 Å². The van der Waals surface area contributed by atoms with Crippen LogP contribution < -0.4 is 12.4 Å². The molecule has 0 heterocycles. The van der Waals surface area contributed by atoms with Gasteiger partial charge in [-0.1, -0.05) is 141 Å². The zero-order valence-electron chi connectivity index (χ0n) is 26.7. The van der Waals surface area contributed by atoms with Crippen molar-refractivity contribution in [2.24, 2.45) is 0 Å². The van der Waals surface area contributed by atoms with Crippen LogP contribution in [0.1, 0.15) is 66.6 Å². The summed E-state index contributed by atoms with van der Waals surface area (Å²) < 4.78 is 32.5. The van der Waals surface area contributed by atoms with Crippen molar-refractivity contribution < 1.29 is 61.2 Å². The molecule has 0 fully saturated rings. The Kier molecular flexibility index (Phi) is 11.1. The quantitative estimate of drug-likeness (QED) is 0.164. The number of rotatable bonds is 8. The molecule has 2 atom stereocenters. The standard InChI is InChI=1S/C41H37NO2S.ClH.Sm/c1-4-29-26-33-18-12-20-36(31-14-8-6-9-15-31)38(33)40(29)42(45(43,44)35-24-22-28(3)23-25-35)41-30(5-2)27-34-19-13-21-37(39(34)41)32-16-10-7-11-17-32;;/h6-27,40-41H,4-5H2,1-3H3;1H;/p-1. The van der Waals surface area contributed by atoms with Gasteiger partial charge < -0.3 is 12.4 Å². The molecule has 3 nitrogen and oxygen atoms in total. The molecule has 2 aliphatic rings. The van der Waals surface area contributed by atoms with Crippen molar-refractivity contribution in [1.82, 2.24) is 4.31 Å². The second-order valence-corrected chi connectivity index (χ2v) is 13.8. The molecular weight excluding hydrogens is 756 g/mol. The van der Waals surface area contributed by atoms with Gasteiger partial charge in [0.2, 0.25) is 10.0 Å². The normalized spacial score (nSPS) is 16.4. The fraction of sp³-hybridized carbons (Fsp3) is 0.171. The molecule has 0 saturated carbocycles. The molecular formula is C41H37ClNO2SSm-. The van der Waals surface area contributed by atoms with E-state index in [1.165, 1.54) is 0 Å². The summed E-state index contributed by atoms with van der Waals surface area (Å²) in [4.78, 5) is 0.315. The van der Waals surface area contributed by atoms with E-state index in [0.29, 0.717) is 4.90 Å². The molecule has 5 aromatic rings. The van der Waals surface area contributed by atoms with E-state index in [2.05, 4.69) is 86.7 Å². The molecule has 2 unspecified atom stereocenters. The minimum atomic E-state index is -4.00. The van der Waals surface area contributed by atoms with Crippen LogP contribution in [0.3, 0.4) is 0 Å². The first kappa shape index (κ1) is 35.4.